The molecule has 0 unspecified atom stereocenters. The topological polar surface area (TPSA) is 112 Å². The third kappa shape index (κ3) is 3.37. The molecule has 0 aromatic heterocycles. The van der Waals surface area contributed by atoms with E-state index in [1.807, 2.05) is 0 Å². The second-order valence-electron chi connectivity index (χ2n) is 8.93. The highest BCUT2D eigenvalue weighted by Gasteiger charge is 2.75. The van der Waals surface area contributed by atoms with Gasteiger partial charge in [0.1, 0.15) is 12.2 Å². The van der Waals surface area contributed by atoms with Crippen LogP contribution in [-0.4, -0.2) is 67.6 Å². The molecule has 14 heteroatoms. The first kappa shape index (κ1) is 24.2. The molecular formula is C22H20N2O8S4. The summed E-state index contributed by atoms with van der Waals surface area (Å²) in [4.78, 5) is 53.6. The van der Waals surface area contributed by atoms with Crippen LogP contribution in [0.25, 0.3) is 0 Å². The minimum absolute atomic E-state index is 0.202. The molecule has 0 radical (unpaired) electrons. The Labute approximate surface area is 221 Å². The lowest BCUT2D eigenvalue weighted by Crippen LogP contribution is -2.74. The summed E-state index contributed by atoms with van der Waals surface area (Å²) in [6.07, 6.45) is 7.85. The number of amides is 2. The van der Waals surface area contributed by atoms with Crippen LogP contribution < -0.4 is 0 Å². The van der Waals surface area contributed by atoms with Crippen molar-refractivity contribution in [2.24, 2.45) is 0 Å². The highest BCUT2D eigenvalue weighted by molar-refractivity contribution is 9.26. The minimum atomic E-state index is -1.30. The first-order valence-corrected chi connectivity index (χ1v) is 15.8. The molecule has 10 nitrogen and oxygen atoms in total. The average molecular weight is 569 g/mol. The average Bonchev–Trinajstić information content (AvgIpc) is 3.17. The Morgan fingerprint density at radius 2 is 1.25 bits per heavy atom. The number of carbonyl (C=O) groups excluding carboxylic acids is 4. The normalized spacial score (nSPS) is 38.1. The van der Waals surface area contributed by atoms with Crippen LogP contribution >= 0.6 is 41.2 Å². The Morgan fingerprint density at radius 3 is 1.64 bits per heavy atom. The number of piperazine rings is 1. The lowest BCUT2D eigenvalue weighted by Gasteiger charge is -2.55. The monoisotopic (exact) mass is 568 g/mol. The van der Waals surface area contributed by atoms with Crippen molar-refractivity contribution in [1.29, 1.82) is 0 Å². The van der Waals surface area contributed by atoms with Crippen LogP contribution in [0.4, 0.5) is 0 Å². The van der Waals surface area contributed by atoms with Gasteiger partial charge in [-0.25, -0.2) is 0 Å². The van der Waals surface area contributed by atoms with Gasteiger partial charge in [-0.05, 0) is 64.5 Å². The number of carbonyl (C=O) groups is 4. The predicted octanol–water partition coefficient (Wildman–Crippen LogP) is 3.00. The first-order chi connectivity index (χ1) is 17.3. The molecule has 190 valence electrons. The van der Waals surface area contributed by atoms with Crippen LogP contribution in [0.15, 0.2) is 48.3 Å². The molecule has 2 bridgehead atoms. The van der Waals surface area contributed by atoms with Crippen LogP contribution in [0, 0.1) is 0 Å². The van der Waals surface area contributed by atoms with Crippen LogP contribution in [-0.2, 0) is 38.1 Å². The number of hydrogen-bond donors (Lipinski definition) is 0. The van der Waals surface area contributed by atoms with Crippen molar-refractivity contribution in [2.45, 2.75) is 60.7 Å². The molecule has 5 saturated heterocycles. The second-order valence-corrected chi connectivity index (χ2v) is 15.2. The molecule has 36 heavy (non-hydrogen) atoms. The van der Waals surface area contributed by atoms with Crippen LogP contribution in [0.2, 0.25) is 0 Å². The largest absolute Gasteiger partial charge is 0.473 e. The van der Waals surface area contributed by atoms with Crippen molar-refractivity contribution in [3.63, 3.8) is 0 Å². The van der Waals surface area contributed by atoms with E-state index in [2.05, 4.69) is 0 Å². The summed E-state index contributed by atoms with van der Waals surface area (Å²) >= 11 is 0. The first-order valence-electron chi connectivity index (χ1n) is 11.0. The van der Waals surface area contributed by atoms with Crippen LogP contribution in [0.1, 0.15) is 26.7 Å². The molecule has 0 N–H and O–H groups in total. The van der Waals surface area contributed by atoms with Crippen LogP contribution in [0.5, 0.6) is 0 Å². The summed E-state index contributed by atoms with van der Waals surface area (Å²) in [6.45, 7) is 2.61. The Kier molecular flexibility index (Phi) is 5.85. The third-order valence-corrected chi connectivity index (χ3v) is 14.0. The van der Waals surface area contributed by atoms with Crippen molar-refractivity contribution < 1.29 is 38.1 Å². The van der Waals surface area contributed by atoms with E-state index in [9.17, 15) is 19.2 Å². The third-order valence-electron chi connectivity index (χ3n) is 6.82. The molecule has 0 saturated carbocycles. The fourth-order valence-electron chi connectivity index (χ4n) is 5.62. The van der Waals surface area contributed by atoms with Gasteiger partial charge in [-0.2, -0.15) is 0 Å². The van der Waals surface area contributed by atoms with Crippen molar-refractivity contribution in [2.75, 3.05) is 0 Å². The molecule has 7 heterocycles. The van der Waals surface area contributed by atoms with Crippen molar-refractivity contribution >= 4 is 65.0 Å². The smallest absolute Gasteiger partial charge is 0.303 e. The highest BCUT2D eigenvalue weighted by atomic mass is 33.7. The van der Waals surface area contributed by atoms with E-state index in [4.69, 9.17) is 18.9 Å². The summed E-state index contributed by atoms with van der Waals surface area (Å²) in [5.41, 5.74) is 1.37. The number of ether oxygens (including phenoxy) is 4. The molecule has 2 amide bonds. The maximum atomic E-state index is 14.6. The summed E-state index contributed by atoms with van der Waals surface area (Å²) < 4.78 is 22.2. The zero-order valence-electron chi connectivity index (χ0n) is 19.0. The fraction of sp³-hybridized carbons (Fsp3) is 0.455. The summed E-state index contributed by atoms with van der Waals surface area (Å²) in [5.74, 6) is -1.55. The van der Waals surface area contributed by atoms with Gasteiger partial charge in [0.05, 0.1) is 37.1 Å². The number of fused-ring (bicyclic) bond motifs is 5. The van der Waals surface area contributed by atoms with Gasteiger partial charge in [-0.3, -0.25) is 19.2 Å². The molecule has 5 fully saturated rings. The summed E-state index contributed by atoms with van der Waals surface area (Å²) in [7, 11) is 5.47. The standard InChI is InChI=1S/C22H20N2O8S4/c1-11(25)31-15-3-5-29-9-13-7-21-20(28)24-18-14(10-30-6-4-16(18)32-12(2)26)8-22(24,34-36-35-33-21)19(27)23(21)17(13)15/h3-6,9-10,15-18H,7-8H2,1-2H3/t15-,16-,17-,18-,21+,22+/m0/s1. The van der Waals surface area contributed by atoms with Gasteiger partial charge in [-0.1, -0.05) is 0 Å². The SMILES string of the molecule is CC(=O)O[C@H]1C=COC=C2C[C@@]34SSSS[C@]5(CC6=COC=C[C@H](OC(C)=O)[C@H]6N5C3=O)C(=O)N4[C@@H]21. The van der Waals surface area contributed by atoms with E-state index < -0.39 is 46.0 Å². The molecule has 0 aromatic rings. The number of esters is 2. The predicted molar refractivity (Wildman–Crippen MR) is 134 cm³/mol. The number of rotatable bonds is 2. The highest BCUT2D eigenvalue weighted by Crippen LogP contribution is 2.69. The second kappa shape index (κ2) is 8.71. The van der Waals surface area contributed by atoms with Gasteiger partial charge in [0.2, 0.25) is 0 Å². The Bertz CT molecular complexity index is 1100. The molecule has 7 rings (SSSR count). The van der Waals surface area contributed by atoms with E-state index >= 15 is 0 Å². The summed E-state index contributed by atoms with van der Waals surface area (Å²) in [6, 6.07) is -1.39. The molecule has 7 aliphatic heterocycles. The van der Waals surface area contributed by atoms with Gasteiger partial charge in [-0.15, -0.1) is 0 Å². The van der Waals surface area contributed by atoms with E-state index in [1.165, 1.54) is 80.1 Å². The van der Waals surface area contributed by atoms with Crippen molar-refractivity contribution in [1.82, 2.24) is 9.80 Å². The summed E-state index contributed by atoms with van der Waals surface area (Å²) in [5, 5.41) is 0. The Morgan fingerprint density at radius 1 is 0.833 bits per heavy atom. The number of nitrogens with zero attached hydrogens (tertiary/aromatic N) is 2. The minimum Gasteiger partial charge on any atom is -0.473 e. The van der Waals surface area contributed by atoms with Crippen LogP contribution in [0.3, 0.4) is 0 Å². The van der Waals surface area contributed by atoms with Gasteiger partial charge < -0.3 is 28.7 Å². The van der Waals surface area contributed by atoms with Crippen molar-refractivity contribution in [3.8, 4) is 0 Å². The molecule has 0 aliphatic carbocycles. The molecule has 0 aromatic carbocycles. The van der Waals surface area contributed by atoms with Gasteiger partial charge in [0, 0.05) is 26.7 Å². The zero-order valence-corrected chi connectivity index (χ0v) is 22.2. The van der Waals surface area contributed by atoms with Gasteiger partial charge >= 0.3 is 11.9 Å². The fourth-order valence-corrected chi connectivity index (χ4v) is 13.4. The molecule has 6 atom stereocenters. The van der Waals surface area contributed by atoms with Crippen molar-refractivity contribution in [3.05, 3.63) is 48.3 Å². The van der Waals surface area contributed by atoms with E-state index in [0.717, 1.165) is 0 Å². The van der Waals surface area contributed by atoms with Gasteiger partial charge in [0.15, 0.2) is 9.74 Å². The molecule has 2 spiro atoms. The lowest BCUT2D eigenvalue weighted by atomic mass is 10.0. The van der Waals surface area contributed by atoms with Gasteiger partial charge in [0.25, 0.3) is 11.8 Å². The molecular weight excluding hydrogens is 549 g/mol. The van der Waals surface area contributed by atoms with E-state index in [1.54, 1.807) is 22.0 Å². The number of hydrogen-bond acceptors (Lipinski definition) is 12. The van der Waals surface area contributed by atoms with E-state index in [0.29, 0.717) is 11.1 Å². The quantitative estimate of drug-likeness (QED) is 0.361. The maximum Gasteiger partial charge on any atom is 0.303 e. The zero-order chi connectivity index (χ0) is 25.2. The Balaban J connectivity index is 1.51. The maximum absolute atomic E-state index is 14.6. The Hall–Kier alpha value is -2.16. The van der Waals surface area contributed by atoms with E-state index in [-0.39, 0.29) is 24.7 Å². The molecule has 7 aliphatic rings. The lowest BCUT2D eigenvalue weighted by molar-refractivity contribution is -0.171.